The van der Waals surface area contributed by atoms with Gasteiger partial charge in [0.25, 0.3) is 5.91 Å². The van der Waals surface area contributed by atoms with E-state index >= 15 is 0 Å². The highest BCUT2D eigenvalue weighted by atomic mass is 16.2. The van der Waals surface area contributed by atoms with E-state index in [-0.39, 0.29) is 5.91 Å². The predicted molar refractivity (Wildman–Crippen MR) is 145 cm³/mol. The summed E-state index contributed by atoms with van der Waals surface area (Å²) >= 11 is 0. The Kier molecular flexibility index (Phi) is 6.02. The number of hydrogen-bond donors (Lipinski definition) is 0. The molecule has 2 saturated heterocycles. The van der Waals surface area contributed by atoms with Crippen LogP contribution in [-0.4, -0.2) is 57.3 Å². The average Bonchev–Trinajstić information content (AvgIpc) is 3.38. The molecule has 0 radical (unpaired) electrons. The van der Waals surface area contributed by atoms with E-state index in [1.165, 1.54) is 25.8 Å². The number of piperidine rings is 2. The van der Waals surface area contributed by atoms with Gasteiger partial charge in [-0.25, -0.2) is 4.98 Å². The lowest BCUT2D eigenvalue weighted by Crippen LogP contribution is -2.56. The van der Waals surface area contributed by atoms with Crippen molar-refractivity contribution in [2.24, 2.45) is 0 Å². The predicted octanol–water partition coefficient (Wildman–Crippen LogP) is 5.63. The van der Waals surface area contributed by atoms with Gasteiger partial charge in [0.15, 0.2) is 0 Å². The van der Waals surface area contributed by atoms with E-state index in [4.69, 9.17) is 5.26 Å². The van der Waals surface area contributed by atoms with Crippen LogP contribution in [0.25, 0.3) is 28.0 Å². The van der Waals surface area contributed by atoms with Crippen molar-refractivity contribution < 1.29 is 4.79 Å². The van der Waals surface area contributed by atoms with E-state index in [0.29, 0.717) is 11.1 Å². The van der Waals surface area contributed by atoms with Gasteiger partial charge < -0.3 is 9.80 Å². The van der Waals surface area contributed by atoms with Crippen LogP contribution in [-0.2, 0) is 0 Å². The third-order valence-electron chi connectivity index (χ3n) is 8.46. The van der Waals surface area contributed by atoms with Gasteiger partial charge in [-0.2, -0.15) is 5.26 Å². The lowest BCUT2D eigenvalue weighted by atomic mass is 9.79. The smallest absolute Gasteiger partial charge is 0.253 e. The largest absolute Gasteiger partial charge is 0.339 e. The van der Waals surface area contributed by atoms with Gasteiger partial charge in [0.1, 0.15) is 5.65 Å². The summed E-state index contributed by atoms with van der Waals surface area (Å²) in [6.07, 6.45) is 9.93. The van der Waals surface area contributed by atoms with Crippen LogP contribution in [0.2, 0.25) is 0 Å². The molecule has 2 aliphatic rings. The zero-order valence-electron chi connectivity index (χ0n) is 21.2. The van der Waals surface area contributed by atoms with Gasteiger partial charge in [-0.1, -0.05) is 30.7 Å². The normalized spacial score (nSPS) is 17.7. The fourth-order valence-corrected chi connectivity index (χ4v) is 6.06. The van der Waals surface area contributed by atoms with Gasteiger partial charge in [-0.15, -0.1) is 0 Å². The van der Waals surface area contributed by atoms with Crippen molar-refractivity contribution in [1.82, 2.24) is 19.2 Å². The van der Waals surface area contributed by atoms with Crippen LogP contribution in [0, 0.1) is 11.3 Å². The summed E-state index contributed by atoms with van der Waals surface area (Å²) in [6.45, 7) is 2.84. The minimum absolute atomic E-state index is 0.132. The van der Waals surface area contributed by atoms with E-state index in [9.17, 15) is 4.79 Å². The summed E-state index contributed by atoms with van der Waals surface area (Å²) in [4.78, 5) is 22.4. The number of carbonyl (C=O) groups excluding carboxylic acids is 1. The minimum atomic E-state index is 0.132. The molecule has 4 aromatic rings. The zero-order chi connectivity index (χ0) is 25.4. The van der Waals surface area contributed by atoms with E-state index < -0.39 is 0 Å². The molecule has 6 rings (SSSR count). The highest BCUT2D eigenvalue weighted by molar-refractivity contribution is 5.94. The standard InChI is InChI=1S/C31H31N5O/c1-34-17-3-2-14-31(34)15-18-35(19-16-31)30(37)26-10-8-24(9-11-26)27-12-13-29-33-21-28(36(29)22-27)25-6-4-23(20-32)5-7-25/h4-13,21-22H,2-3,14-19H2,1H3. The number of benzene rings is 2. The zero-order valence-corrected chi connectivity index (χ0v) is 21.2. The van der Waals surface area contributed by atoms with Gasteiger partial charge in [0.2, 0.25) is 0 Å². The van der Waals surface area contributed by atoms with Crippen molar-refractivity contribution in [3.05, 3.63) is 84.2 Å². The van der Waals surface area contributed by atoms with Gasteiger partial charge in [0.05, 0.1) is 23.5 Å². The van der Waals surface area contributed by atoms with E-state index in [1.807, 2.05) is 65.7 Å². The number of pyridine rings is 1. The maximum atomic E-state index is 13.3. The van der Waals surface area contributed by atoms with E-state index in [0.717, 1.165) is 59.5 Å². The molecule has 0 bridgehead atoms. The van der Waals surface area contributed by atoms with E-state index in [1.54, 1.807) is 0 Å². The summed E-state index contributed by atoms with van der Waals surface area (Å²) in [5.74, 6) is 0.132. The molecule has 1 amide bonds. The first-order chi connectivity index (χ1) is 18.1. The molecule has 0 aliphatic carbocycles. The number of nitrogens with zero attached hydrogens (tertiary/aromatic N) is 5. The molecule has 2 aliphatic heterocycles. The number of hydrogen-bond acceptors (Lipinski definition) is 4. The Labute approximate surface area is 217 Å². The van der Waals surface area contributed by atoms with Crippen LogP contribution in [0.15, 0.2) is 73.1 Å². The molecule has 6 nitrogen and oxygen atoms in total. The number of amides is 1. The van der Waals surface area contributed by atoms with Crippen LogP contribution in [0.4, 0.5) is 0 Å². The second kappa shape index (κ2) is 9.49. The van der Waals surface area contributed by atoms with Crippen molar-refractivity contribution in [2.75, 3.05) is 26.7 Å². The molecule has 6 heteroatoms. The minimum Gasteiger partial charge on any atom is -0.339 e. The molecule has 186 valence electrons. The Balaban J connectivity index is 1.19. The number of fused-ring (bicyclic) bond motifs is 1. The summed E-state index contributed by atoms with van der Waals surface area (Å²) < 4.78 is 2.07. The molecule has 4 heterocycles. The number of likely N-dealkylation sites (tertiary alicyclic amines) is 2. The monoisotopic (exact) mass is 489 g/mol. The molecule has 2 aromatic heterocycles. The Hall–Kier alpha value is -3.95. The second-order valence-electron chi connectivity index (χ2n) is 10.5. The SMILES string of the molecule is CN1CCCCC12CCN(C(=O)c1ccc(-c3ccc4ncc(-c5ccc(C#N)cc5)n4c3)cc1)CC2. The van der Waals surface area contributed by atoms with Crippen LogP contribution >= 0.6 is 0 Å². The molecule has 0 atom stereocenters. The molecule has 0 saturated carbocycles. The highest BCUT2D eigenvalue weighted by Crippen LogP contribution is 2.36. The molecular formula is C31H31N5O. The first-order valence-corrected chi connectivity index (χ1v) is 13.1. The maximum Gasteiger partial charge on any atom is 0.253 e. The topological polar surface area (TPSA) is 64.6 Å². The highest BCUT2D eigenvalue weighted by Gasteiger charge is 2.40. The Bertz CT molecular complexity index is 1470. The third kappa shape index (κ3) is 4.30. The summed E-state index contributed by atoms with van der Waals surface area (Å²) in [5.41, 5.74) is 6.63. The molecule has 2 fully saturated rings. The summed E-state index contributed by atoms with van der Waals surface area (Å²) in [5, 5.41) is 9.09. The molecule has 0 N–H and O–H groups in total. The summed E-state index contributed by atoms with van der Waals surface area (Å²) in [6, 6.07) is 21.8. The van der Waals surface area contributed by atoms with Crippen molar-refractivity contribution >= 4 is 11.6 Å². The van der Waals surface area contributed by atoms with Crippen molar-refractivity contribution in [1.29, 1.82) is 5.26 Å². The number of nitriles is 1. The Morgan fingerprint density at radius 3 is 2.27 bits per heavy atom. The Morgan fingerprint density at radius 1 is 0.865 bits per heavy atom. The van der Waals surface area contributed by atoms with Gasteiger partial charge >= 0.3 is 0 Å². The number of imidazole rings is 1. The van der Waals surface area contributed by atoms with Crippen molar-refractivity contribution in [3.63, 3.8) is 0 Å². The fraction of sp³-hybridized carbons (Fsp3) is 0.323. The molecule has 2 aromatic carbocycles. The number of aromatic nitrogens is 2. The van der Waals surface area contributed by atoms with Gasteiger partial charge in [0, 0.05) is 36.0 Å². The average molecular weight is 490 g/mol. The lowest BCUT2D eigenvalue weighted by molar-refractivity contribution is 0.0111. The molecule has 0 unspecified atom stereocenters. The fourth-order valence-electron chi connectivity index (χ4n) is 6.06. The van der Waals surface area contributed by atoms with Crippen LogP contribution in [0.3, 0.4) is 0 Å². The van der Waals surface area contributed by atoms with Crippen LogP contribution in [0.1, 0.15) is 48.0 Å². The first-order valence-electron chi connectivity index (χ1n) is 13.1. The lowest BCUT2D eigenvalue weighted by Gasteiger charge is -2.50. The van der Waals surface area contributed by atoms with Crippen LogP contribution in [0.5, 0.6) is 0 Å². The quantitative estimate of drug-likeness (QED) is 0.374. The van der Waals surface area contributed by atoms with Crippen molar-refractivity contribution in [3.8, 4) is 28.5 Å². The number of rotatable bonds is 3. The maximum absolute atomic E-state index is 13.3. The number of carbonyl (C=O) groups is 1. The van der Waals surface area contributed by atoms with Gasteiger partial charge in [-0.05, 0) is 86.8 Å². The van der Waals surface area contributed by atoms with Crippen LogP contribution < -0.4 is 0 Å². The molecular weight excluding hydrogens is 458 g/mol. The second-order valence-corrected chi connectivity index (χ2v) is 10.5. The molecule has 1 spiro atoms. The van der Waals surface area contributed by atoms with Crippen molar-refractivity contribution in [2.45, 2.75) is 37.6 Å². The van der Waals surface area contributed by atoms with E-state index in [2.05, 4.69) is 39.7 Å². The summed E-state index contributed by atoms with van der Waals surface area (Å²) in [7, 11) is 2.25. The first kappa shape index (κ1) is 23.4. The molecule has 37 heavy (non-hydrogen) atoms. The third-order valence-corrected chi connectivity index (χ3v) is 8.46. The van der Waals surface area contributed by atoms with Gasteiger partial charge in [-0.3, -0.25) is 9.20 Å². The Morgan fingerprint density at radius 2 is 1.57 bits per heavy atom.